The molecule has 0 unspecified atom stereocenters. The largest absolute Gasteiger partial charge is 0.507 e. The molecular formula is C19H16INO2S2. The van der Waals surface area contributed by atoms with Crippen LogP contribution in [0.3, 0.4) is 0 Å². The summed E-state index contributed by atoms with van der Waals surface area (Å²) in [6.07, 6.45) is 3.63. The monoisotopic (exact) mass is 481 g/mol. The van der Waals surface area contributed by atoms with Crippen molar-refractivity contribution < 1.29 is 9.90 Å². The fourth-order valence-electron chi connectivity index (χ4n) is 2.54. The zero-order valence-electron chi connectivity index (χ0n) is 13.3. The van der Waals surface area contributed by atoms with Crippen LogP contribution in [0.4, 0.5) is 0 Å². The first-order valence-corrected chi connectivity index (χ1v) is 10.1. The average molecular weight is 481 g/mol. The number of phenols is 1. The van der Waals surface area contributed by atoms with Gasteiger partial charge in [0, 0.05) is 6.54 Å². The highest BCUT2D eigenvalue weighted by Crippen LogP contribution is 2.33. The number of phenolic OH excluding ortho intramolecular Hbond substituents is 1. The number of benzene rings is 2. The molecule has 0 atom stereocenters. The minimum absolute atomic E-state index is 0.0360. The summed E-state index contributed by atoms with van der Waals surface area (Å²) in [5, 5.41) is 9.60. The van der Waals surface area contributed by atoms with Gasteiger partial charge in [0.25, 0.3) is 5.91 Å². The minimum atomic E-state index is -0.0360. The van der Waals surface area contributed by atoms with Crippen LogP contribution in [0.15, 0.2) is 53.4 Å². The Bertz CT molecular complexity index is 837. The zero-order valence-corrected chi connectivity index (χ0v) is 17.1. The van der Waals surface area contributed by atoms with Crippen molar-refractivity contribution in [1.82, 2.24) is 4.90 Å². The van der Waals surface area contributed by atoms with Gasteiger partial charge in [-0.1, -0.05) is 60.4 Å². The van der Waals surface area contributed by atoms with Crippen LogP contribution in [-0.4, -0.2) is 26.8 Å². The van der Waals surface area contributed by atoms with Gasteiger partial charge in [0.15, 0.2) is 0 Å². The number of hydrogen-bond donors (Lipinski definition) is 1. The van der Waals surface area contributed by atoms with E-state index in [1.54, 1.807) is 17.0 Å². The molecule has 0 aromatic heterocycles. The molecule has 1 amide bonds. The van der Waals surface area contributed by atoms with Gasteiger partial charge in [-0.25, -0.2) is 0 Å². The van der Waals surface area contributed by atoms with Gasteiger partial charge in [-0.05, 0) is 64.8 Å². The summed E-state index contributed by atoms with van der Waals surface area (Å²) in [4.78, 5) is 14.9. The van der Waals surface area contributed by atoms with E-state index in [9.17, 15) is 9.90 Å². The number of aryl methyl sites for hydroxylation is 1. The van der Waals surface area contributed by atoms with Gasteiger partial charge < -0.3 is 5.11 Å². The molecule has 1 heterocycles. The molecule has 1 saturated heterocycles. The minimum Gasteiger partial charge on any atom is -0.507 e. The van der Waals surface area contributed by atoms with Crippen LogP contribution in [0.2, 0.25) is 0 Å². The number of carbonyl (C=O) groups excluding carboxylic acids is 1. The number of nitrogens with zero attached hydrogens (tertiary/aromatic N) is 1. The van der Waals surface area contributed by atoms with Crippen molar-refractivity contribution in [2.24, 2.45) is 0 Å². The maximum atomic E-state index is 12.6. The number of halogens is 1. The lowest BCUT2D eigenvalue weighted by Crippen LogP contribution is -2.29. The SMILES string of the molecule is O=C1/C(=C/c2ccc(O)c(I)c2)SC(=S)N1CCCc1ccccc1. The Hall–Kier alpha value is -1.38. The van der Waals surface area contributed by atoms with E-state index in [2.05, 4.69) is 34.7 Å². The molecule has 0 radical (unpaired) electrons. The first-order chi connectivity index (χ1) is 12.0. The first kappa shape index (κ1) is 18.4. The smallest absolute Gasteiger partial charge is 0.266 e. The number of thiocarbonyl (C=S) groups is 1. The average Bonchev–Trinajstić information content (AvgIpc) is 2.86. The Morgan fingerprint density at radius 2 is 1.96 bits per heavy atom. The second kappa shape index (κ2) is 8.33. The highest BCUT2D eigenvalue weighted by molar-refractivity contribution is 14.1. The number of aromatic hydroxyl groups is 1. The third-order valence-electron chi connectivity index (χ3n) is 3.83. The second-order valence-electron chi connectivity index (χ2n) is 5.63. The molecule has 1 aliphatic heterocycles. The summed E-state index contributed by atoms with van der Waals surface area (Å²) < 4.78 is 1.36. The topological polar surface area (TPSA) is 40.5 Å². The van der Waals surface area contributed by atoms with Crippen molar-refractivity contribution in [3.05, 3.63) is 68.1 Å². The summed E-state index contributed by atoms with van der Waals surface area (Å²) in [5.41, 5.74) is 2.15. The van der Waals surface area contributed by atoms with Gasteiger partial charge in [-0.15, -0.1) is 0 Å². The number of thioether (sulfide) groups is 1. The summed E-state index contributed by atoms with van der Waals surface area (Å²) >= 11 is 8.78. The highest BCUT2D eigenvalue weighted by Gasteiger charge is 2.31. The summed E-state index contributed by atoms with van der Waals surface area (Å²) in [5.74, 6) is 0.206. The van der Waals surface area contributed by atoms with E-state index in [-0.39, 0.29) is 11.7 Å². The second-order valence-corrected chi connectivity index (χ2v) is 8.47. The van der Waals surface area contributed by atoms with Gasteiger partial charge in [0.1, 0.15) is 10.1 Å². The van der Waals surface area contributed by atoms with Gasteiger partial charge in [-0.2, -0.15) is 0 Å². The van der Waals surface area contributed by atoms with Crippen LogP contribution in [0.25, 0.3) is 6.08 Å². The van der Waals surface area contributed by atoms with Gasteiger partial charge >= 0.3 is 0 Å². The lowest BCUT2D eigenvalue weighted by molar-refractivity contribution is -0.122. The Kier molecular flexibility index (Phi) is 6.14. The molecule has 0 spiro atoms. The molecule has 2 aromatic rings. The summed E-state index contributed by atoms with van der Waals surface area (Å²) in [6, 6.07) is 15.5. The van der Waals surface area contributed by atoms with Crippen molar-refractivity contribution in [1.29, 1.82) is 0 Å². The van der Waals surface area contributed by atoms with E-state index < -0.39 is 0 Å². The van der Waals surface area contributed by atoms with Crippen LogP contribution in [0.5, 0.6) is 5.75 Å². The van der Waals surface area contributed by atoms with E-state index in [1.165, 1.54) is 17.3 Å². The van der Waals surface area contributed by atoms with Crippen LogP contribution in [0, 0.1) is 3.57 Å². The van der Waals surface area contributed by atoms with E-state index in [4.69, 9.17) is 12.2 Å². The van der Waals surface area contributed by atoms with Crippen molar-refractivity contribution in [2.75, 3.05) is 6.54 Å². The summed E-state index contributed by atoms with van der Waals surface area (Å²) in [6.45, 7) is 0.629. The molecule has 1 fully saturated rings. The standard InChI is InChI=1S/C19H16INO2S2/c20-15-11-14(8-9-16(15)22)12-17-18(23)21(19(24)25-17)10-4-7-13-5-2-1-3-6-13/h1-3,5-6,8-9,11-12,22H,4,7,10H2/b17-12-. The molecule has 25 heavy (non-hydrogen) atoms. The molecular weight excluding hydrogens is 465 g/mol. The van der Waals surface area contributed by atoms with Gasteiger partial charge in [0.05, 0.1) is 8.48 Å². The lowest BCUT2D eigenvalue weighted by Gasteiger charge is -2.14. The quantitative estimate of drug-likeness (QED) is 0.378. The fourth-order valence-corrected chi connectivity index (χ4v) is 4.39. The normalized spacial score (nSPS) is 16.0. The van der Waals surface area contributed by atoms with E-state index in [0.29, 0.717) is 15.8 Å². The third-order valence-corrected chi connectivity index (χ3v) is 6.07. The molecule has 6 heteroatoms. The molecule has 3 rings (SSSR count). The molecule has 1 aliphatic rings. The molecule has 0 saturated carbocycles. The molecule has 0 aliphatic carbocycles. The maximum Gasteiger partial charge on any atom is 0.266 e. The van der Waals surface area contributed by atoms with Crippen molar-refractivity contribution in [3.8, 4) is 5.75 Å². The van der Waals surface area contributed by atoms with Crippen LogP contribution < -0.4 is 0 Å². The molecule has 3 nitrogen and oxygen atoms in total. The van der Waals surface area contributed by atoms with Crippen molar-refractivity contribution in [3.63, 3.8) is 0 Å². The Labute approximate surface area is 170 Å². The maximum absolute atomic E-state index is 12.6. The molecule has 0 bridgehead atoms. The van der Waals surface area contributed by atoms with E-state index in [1.807, 2.05) is 30.3 Å². The fraction of sp³-hybridized carbons (Fsp3) is 0.158. The Morgan fingerprint density at radius 3 is 2.68 bits per heavy atom. The van der Waals surface area contributed by atoms with Gasteiger partial charge in [0.2, 0.25) is 0 Å². The number of amides is 1. The van der Waals surface area contributed by atoms with E-state index in [0.717, 1.165) is 22.0 Å². The first-order valence-electron chi connectivity index (χ1n) is 7.82. The molecule has 128 valence electrons. The Morgan fingerprint density at radius 1 is 1.20 bits per heavy atom. The van der Waals surface area contributed by atoms with E-state index >= 15 is 0 Å². The number of carbonyl (C=O) groups is 1. The van der Waals surface area contributed by atoms with Crippen LogP contribution in [-0.2, 0) is 11.2 Å². The highest BCUT2D eigenvalue weighted by atomic mass is 127. The number of hydrogen-bond acceptors (Lipinski definition) is 4. The predicted octanol–water partition coefficient (Wildman–Crippen LogP) is 4.83. The summed E-state index contributed by atoms with van der Waals surface area (Å²) in [7, 11) is 0. The molecule has 2 aromatic carbocycles. The zero-order chi connectivity index (χ0) is 17.8. The van der Waals surface area contributed by atoms with Crippen molar-refractivity contribution >= 4 is 62.9 Å². The van der Waals surface area contributed by atoms with Crippen LogP contribution in [0.1, 0.15) is 17.5 Å². The Balaban J connectivity index is 1.65. The predicted molar refractivity (Wildman–Crippen MR) is 115 cm³/mol. The molecule has 1 N–H and O–H groups in total. The third kappa shape index (κ3) is 4.62. The van der Waals surface area contributed by atoms with Crippen LogP contribution >= 0.6 is 46.6 Å². The van der Waals surface area contributed by atoms with Gasteiger partial charge in [-0.3, -0.25) is 9.69 Å². The lowest BCUT2D eigenvalue weighted by atomic mass is 10.1. The number of rotatable bonds is 5. The van der Waals surface area contributed by atoms with Crippen molar-refractivity contribution in [2.45, 2.75) is 12.8 Å².